The molecule has 0 spiro atoms. The van der Waals surface area contributed by atoms with Crippen LogP contribution in [0.15, 0.2) is 24.3 Å². The summed E-state index contributed by atoms with van der Waals surface area (Å²) in [6.45, 7) is 4.24. The van der Waals surface area contributed by atoms with Gasteiger partial charge >= 0.3 is 0 Å². The zero-order valence-electron chi connectivity index (χ0n) is 6.76. The van der Waals surface area contributed by atoms with Crippen LogP contribution < -0.4 is 4.98 Å². The van der Waals surface area contributed by atoms with Crippen molar-refractivity contribution >= 4 is 14.6 Å². The van der Waals surface area contributed by atoms with Crippen LogP contribution in [0.25, 0.3) is 0 Å². The number of hydrogen-bond donors (Lipinski definition) is 1. The molecule has 0 atom stereocenters. The van der Waals surface area contributed by atoms with Gasteiger partial charge in [0.25, 0.3) is 0 Å². The van der Waals surface area contributed by atoms with Gasteiger partial charge in [-0.25, -0.2) is 4.39 Å². The predicted octanol–water partition coefficient (Wildman–Crippen LogP) is 2.22. The lowest BCUT2D eigenvalue weighted by atomic mass is 10.3. The first kappa shape index (κ1) is 8.27. The van der Waals surface area contributed by atoms with Crippen molar-refractivity contribution < 1.29 is 4.39 Å². The van der Waals surface area contributed by atoms with Crippen molar-refractivity contribution in [3.05, 3.63) is 30.1 Å². The number of halogens is 1. The normalized spacial score (nSPS) is 10.2. The standard InChI is InChI=1S/C8H12FNSi/c1-11(2)10-8-6-4-3-5-7(8)9/h3-6,10-11H,1-2H3. The van der Waals surface area contributed by atoms with Gasteiger partial charge in [0.2, 0.25) is 0 Å². The minimum atomic E-state index is -0.915. The van der Waals surface area contributed by atoms with Crippen molar-refractivity contribution in [2.24, 2.45) is 0 Å². The largest absolute Gasteiger partial charge is 0.411 e. The molecule has 0 saturated heterocycles. The number of hydrogen-bond acceptors (Lipinski definition) is 1. The van der Waals surface area contributed by atoms with Crippen LogP contribution in [0, 0.1) is 5.82 Å². The summed E-state index contributed by atoms with van der Waals surface area (Å²) in [5.41, 5.74) is 0.633. The zero-order valence-corrected chi connectivity index (χ0v) is 7.92. The van der Waals surface area contributed by atoms with Gasteiger partial charge in [-0.3, -0.25) is 0 Å². The minimum absolute atomic E-state index is 0.159. The summed E-state index contributed by atoms with van der Waals surface area (Å²) in [4.78, 5) is 3.14. The van der Waals surface area contributed by atoms with E-state index in [0.29, 0.717) is 5.69 Å². The van der Waals surface area contributed by atoms with Gasteiger partial charge in [0.05, 0.1) is 5.69 Å². The van der Waals surface area contributed by atoms with Gasteiger partial charge in [-0.05, 0) is 12.1 Å². The third-order valence-corrected chi connectivity index (χ3v) is 2.21. The molecule has 0 saturated carbocycles. The van der Waals surface area contributed by atoms with E-state index in [0.717, 1.165) is 0 Å². The summed E-state index contributed by atoms with van der Waals surface area (Å²) in [5, 5.41) is 0. The van der Waals surface area contributed by atoms with E-state index in [1.165, 1.54) is 6.07 Å². The molecule has 1 rings (SSSR count). The third kappa shape index (κ3) is 2.35. The first-order valence-corrected chi connectivity index (χ1v) is 6.60. The molecule has 0 bridgehead atoms. The van der Waals surface area contributed by atoms with Crippen LogP contribution in [0.5, 0.6) is 0 Å². The van der Waals surface area contributed by atoms with Crippen LogP contribution in [0.3, 0.4) is 0 Å². The van der Waals surface area contributed by atoms with Crippen molar-refractivity contribution in [3.8, 4) is 0 Å². The maximum atomic E-state index is 12.9. The molecule has 0 aromatic heterocycles. The van der Waals surface area contributed by atoms with E-state index in [1.807, 2.05) is 6.07 Å². The summed E-state index contributed by atoms with van der Waals surface area (Å²) in [6, 6.07) is 6.77. The second-order valence-corrected chi connectivity index (χ2v) is 5.38. The molecular formula is C8H12FNSi. The Balaban J connectivity index is 2.78. The highest BCUT2D eigenvalue weighted by Gasteiger charge is 2.00. The highest BCUT2D eigenvalue weighted by atomic mass is 28.3. The van der Waals surface area contributed by atoms with Gasteiger partial charge in [-0.2, -0.15) is 0 Å². The highest BCUT2D eigenvalue weighted by Crippen LogP contribution is 2.12. The van der Waals surface area contributed by atoms with Gasteiger partial charge in [-0.15, -0.1) is 0 Å². The molecule has 11 heavy (non-hydrogen) atoms. The van der Waals surface area contributed by atoms with E-state index in [9.17, 15) is 4.39 Å². The molecule has 0 amide bonds. The molecule has 0 radical (unpaired) electrons. The van der Waals surface area contributed by atoms with Crippen LogP contribution in [0.1, 0.15) is 0 Å². The number of benzene rings is 1. The zero-order chi connectivity index (χ0) is 8.27. The van der Waals surface area contributed by atoms with Gasteiger partial charge < -0.3 is 4.98 Å². The molecule has 0 aliphatic heterocycles. The molecular weight excluding hydrogens is 157 g/mol. The summed E-state index contributed by atoms with van der Waals surface area (Å²) < 4.78 is 12.9. The second-order valence-electron chi connectivity index (χ2n) is 2.78. The van der Waals surface area contributed by atoms with Crippen LogP contribution in [0.2, 0.25) is 13.1 Å². The monoisotopic (exact) mass is 169 g/mol. The quantitative estimate of drug-likeness (QED) is 0.669. The lowest BCUT2D eigenvalue weighted by molar-refractivity contribution is 0.632. The molecule has 1 nitrogen and oxygen atoms in total. The average molecular weight is 169 g/mol. The van der Waals surface area contributed by atoms with Gasteiger partial charge in [-0.1, -0.05) is 25.2 Å². The van der Waals surface area contributed by atoms with Gasteiger partial charge in [0.1, 0.15) is 14.8 Å². The SMILES string of the molecule is C[SiH](C)Nc1ccccc1F. The summed E-state index contributed by atoms with van der Waals surface area (Å²) in [6.07, 6.45) is 0. The van der Waals surface area contributed by atoms with Crippen molar-refractivity contribution in [3.63, 3.8) is 0 Å². The minimum Gasteiger partial charge on any atom is -0.411 e. The Hall–Kier alpha value is -0.833. The van der Waals surface area contributed by atoms with Gasteiger partial charge in [0, 0.05) is 0 Å². The van der Waals surface area contributed by atoms with Crippen LogP contribution in [-0.4, -0.2) is 8.96 Å². The Morgan fingerprint density at radius 3 is 2.45 bits per heavy atom. The molecule has 1 aromatic rings. The Morgan fingerprint density at radius 1 is 1.27 bits per heavy atom. The third-order valence-electron chi connectivity index (χ3n) is 1.32. The van der Waals surface area contributed by atoms with E-state index in [1.54, 1.807) is 12.1 Å². The topological polar surface area (TPSA) is 12.0 Å². The van der Waals surface area contributed by atoms with E-state index < -0.39 is 8.96 Å². The summed E-state index contributed by atoms with van der Waals surface area (Å²) >= 11 is 0. The number of nitrogens with one attached hydrogen (secondary N) is 1. The van der Waals surface area contributed by atoms with Gasteiger partial charge in [0.15, 0.2) is 0 Å². The molecule has 0 aliphatic rings. The molecule has 0 heterocycles. The maximum Gasteiger partial charge on any atom is 0.145 e. The first-order chi connectivity index (χ1) is 5.20. The first-order valence-electron chi connectivity index (χ1n) is 3.71. The summed E-state index contributed by atoms with van der Waals surface area (Å²) in [7, 11) is -0.915. The average Bonchev–Trinajstić information content (AvgIpc) is 1.93. The van der Waals surface area contributed by atoms with Crippen molar-refractivity contribution in [2.45, 2.75) is 13.1 Å². The molecule has 60 valence electrons. The molecule has 1 aromatic carbocycles. The van der Waals surface area contributed by atoms with Crippen LogP contribution in [-0.2, 0) is 0 Å². The molecule has 0 fully saturated rings. The van der Waals surface area contributed by atoms with Crippen molar-refractivity contribution in [2.75, 3.05) is 4.98 Å². The van der Waals surface area contributed by atoms with E-state index >= 15 is 0 Å². The fourth-order valence-corrected chi connectivity index (χ4v) is 1.75. The Morgan fingerprint density at radius 2 is 1.91 bits per heavy atom. The van der Waals surface area contributed by atoms with E-state index in [4.69, 9.17) is 0 Å². The molecule has 1 N–H and O–H groups in total. The Bertz CT molecular complexity index is 237. The van der Waals surface area contributed by atoms with Crippen LogP contribution in [0.4, 0.5) is 10.1 Å². The summed E-state index contributed by atoms with van der Waals surface area (Å²) in [5.74, 6) is -0.159. The number of anilines is 1. The highest BCUT2D eigenvalue weighted by molar-refractivity contribution is 6.59. The number of rotatable bonds is 2. The molecule has 0 aliphatic carbocycles. The second kappa shape index (κ2) is 3.53. The number of para-hydroxylation sites is 1. The smallest absolute Gasteiger partial charge is 0.145 e. The Labute approximate surface area is 67.9 Å². The fraction of sp³-hybridized carbons (Fsp3) is 0.250. The fourth-order valence-electron chi connectivity index (χ4n) is 0.889. The van der Waals surface area contributed by atoms with Crippen molar-refractivity contribution in [1.29, 1.82) is 0 Å². The van der Waals surface area contributed by atoms with Crippen LogP contribution >= 0.6 is 0 Å². The van der Waals surface area contributed by atoms with Crippen molar-refractivity contribution in [1.82, 2.24) is 0 Å². The van der Waals surface area contributed by atoms with E-state index in [-0.39, 0.29) is 5.82 Å². The maximum absolute atomic E-state index is 12.9. The Kier molecular flexibility index (Phi) is 2.65. The van der Waals surface area contributed by atoms with E-state index in [2.05, 4.69) is 18.1 Å². The molecule has 3 heteroatoms. The lowest BCUT2D eigenvalue weighted by Crippen LogP contribution is -2.15. The molecule has 0 unspecified atom stereocenters. The predicted molar refractivity (Wildman–Crippen MR) is 48.9 cm³/mol. The lowest BCUT2D eigenvalue weighted by Gasteiger charge is -2.08.